The lowest BCUT2D eigenvalue weighted by Crippen LogP contribution is -2.31. The van der Waals surface area contributed by atoms with Crippen LogP contribution in [0, 0.1) is 0 Å². The zero-order valence-electron chi connectivity index (χ0n) is 12.8. The molecule has 0 fully saturated rings. The molecule has 0 atom stereocenters. The lowest BCUT2D eigenvalue weighted by atomic mass is 10.1. The molecule has 116 valence electrons. The van der Waals surface area contributed by atoms with Crippen molar-refractivity contribution in [3.05, 3.63) is 70.6 Å². The van der Waals surface area contributed by atoms with Gasteiger partial charge >= 0.3 is 0 Å². The van der Waals surface area contributed by atoms with E-state index in [9.17, 15) is 9.59 Å². The first-order valence-corrected chi connectivity index (χ1v) is 7.03. The van der Waals surface area contributed by atoms with Gasteiger partial charge in [-0.2, -0.15) is 9.78 Å². The Hall–Kier alpha value is -2.99. The minimum absolute atomic E-state index is 0.161. The van der Waals surface area contributed by atoms with E-state index in [0.717, 1.165) is 5.06 Å². The molecule has 23 heavy (non-hydrogen) atoms. The highest BCUT2D eigenvalue weighted by Crippen LogP contribution is 2.16. The Morgan fingerprint density at radius 2 is 1.65 bits per heavy atom. The first-order valence-electron chi connectivity index (χ1n) is 7.03. The van der Waals surface area contributed by atoms with Gasteiger partial charge in [-0.1, -0.05) is 36.4 Å². The molecule has 0 radical (unpaired) electrons. The molecule has 0 spiro atoms. The third kappa shape index (κ3) is 2.60. The Morgan fingerprint density at radius 3 is 2.30 bits per heavy atom. The van der Waals surface area contributed by atoms with Gasteiger partial charge in [0, 0.05) is 12.4 Å². The van der Waals surface area contributed by atoms with E-state index in [4.69, 9.17) is 4.84 Å². The predicted molar refractivity (Wildman–Crippen MR) is 86.4 cm³/mol. The number of aromatic nitrogens is 2. The van der Waals surface area contributed by atoms with Crippen LogP contribution in [0.15, 0.2) is 59.4 Å². The van der Waals surface area contributed by atoms with Crippen molar-refractivity contribution in [2.75, 3.05) is 14.2 Å². The van der Waals surface area contributed by atoms with E-state index >= 15 is 0 Å². The van der Waals surface area contributed by atoms with Crippen molar-refractivity contribution in [3.8, 4) is 5.69 Å². The van der Waals surface area contributed by atoms with Crippen LogP contribution in [-0.4, -0.2) is 34.9 Å². The molecule has 0 saturated carbocycles. The summed E-state index contributed by atoms with van der Waals surface area (Å²) < 4.78 is 1.24. The standard InChI is InChI=1S/C17H15N3O3/c1-19(23-2)17(22)15-13-10-6-7-11-14(13)16(21)20(18-15)12-8-4-3-5-9-12/h3-11H,1-2H3. The number of nitrogens with zero attached hydrogens (tertiary/aromatic N) is 3. The van der Waals surface area contributed by atoms with Crippen molar-refractivity contribution in [1.29, 1.82) is 0 Å². The number of hydroxylamine groups is 2. The lowest BCUT2D eigenvalue weighted by molar-refractivity contribution is -0.0760. The first kappa shape index (κ1) is 14.9. The van der Waals surface area contributed by atoms with E-state index in [2.05, 4.69) is 5.10 Å². The molecule has 0 saturated heterocycles. The number of hydrogen-bond acceptors (Lipinski definition) is 4. The zero-order valence-corrected chi connectivity index (χ0v) is 12.8. The maximum absolute atomic E-state index is 12.7. The van der Waals surface area contributed by atoms with Crippen molar-refractivity contribution >= 4 is 16.7 Å². The van der Waals surface area contributed by atoms with Gasteiger partial charge in [-0.05, 0) is 18.2 Å². The van der Waals surface area contributed by atoms with Crippen LogP contribution in [0.25, 0.3) is 16.5 Å². The van der Waals surface area contributed by atoms with Crippen LogP contribution in [0.4, 0.5) is 0 Å². The first-order chi connectivity index (χ1) is 11.1. The quantitative estimate of drug-likeness (QED) is 0.694. The second-order valence-corrected chi connectivity index (χ2v) is 4.93. The number of rotatable bonds is 3. The maximum atomic E-state index is 12.7. The number of carbonyl (C=O) groups is 1. The molecule has 6 nitrogen and oxygen atoms in total. The zero-order chi connectivity index (χ0) is 16.4. The fraction of sp³-hybridized carbons (Fsp3) is 0.118. The van der Waals surface area contributed by atoms with E-state index in [1.807, 2.05) is 6.07 Å². The molecule has 0 N–H and O–H groups in total. The molecule has 1 amide bonds. The van der Waals surface area contributed by atoms with Crippen molar-refractivity contribution in [2.24, 2.45) is 0 Å². The Balaban J connectivity index is 2.34. The van der Waals surface area contributed by atoms with Crippen molar-refractivity contribution < 1.29 is 9.63 Å². The van der Waals surface area contributed by atoms with E-state index in [0.29, 0.717) is 16.5 Å². The van der Waals surface area contributed by atoms with Gasteiger partial charge in [0.1, 0.15) is 0 Å². The van der Waals surface area contributed by atoms with Gasteiger partial charge in [-0.15, -0.1) is 0 Å². The second kappa shape index (κ2) is 6.02. The van der Waals surface area contributed by atoms with Gasteiger partial charge in [0.15, 0.2) is 5.69 Å². The molecule has 6 heteroatoms. The normalized spacial score (nSPS) is 10.7. The van der Waals surface area contributed by atoms with E-state index < -0.39 is 5.91 Å². The van der Waals surface area contributed by atoms with Crippen LogP contribution < -0.4 is 5.56 Å². The van der Waals surface area contributed by atoms with E-state index in [1.54, 1.807) is 48.5 Å². The average molecular weight is 309 g/mol. The van der Waals surface area contributed by atoms with Crippen molar-refractivity contribution in [2.45, 2.75) is 0 Å². The summed E-state index contributed by atoms with van der Waals surface area (Å²) in [4.78, 5) is 30.1. The molecule has 0 unspecified atom stereocenters. The lowest BCUT2D eigenvalue weighted by Gasteiger charge is -2.15. The molecule has 0 aliphatic carbocycles. The van der Waals surface area contributed by atoms with Crippen molar-refractivity contribution in [1.82, 2.24) is 14.8 Å². The number of benzene rings is 2. The van der Waals surface area contributed by atoms with Crippen LogP contribution in [0.2, 0.25) is 0 Å². The summed E-state index contributed by atoms with van der Waals surface area (Å²) in [5.41, 5.74) is 0.481. The van der Waals surface area contributed by atoms with Gasteiger partial charge in [0.05, 0.1) is 18.2 Å². The highest BCUT2D eigenvalue weighted by molar-refractivity contribution is 6.04. The second-order valence-electron chi connectivity index (χ2n) is 4.93. The fourth-order valence-corrected chi connectivity index (χ4v) is 2.32. The molecule has 0 aliphatic heterocycles. The Labute approximate surface area is 132 Å². The van der Waals surface area contributed by atoms with E-state index in [-0.39, 0.29) is 11.3 Å². The molecule has 3 aromatic rings. The maximum Gasteiger partial charge on any atom is 0.298 e. The summed E-state index contributed by atoms with van der Waals surface area (Å²) in [6.07, 6.45) is 0. The highest BCUT2D eigenvalue weighted by Gasteiger charge is 2.20. The summed E-state index contributed by atoms with van der Waals surface area (Å²) in [6.45, 7) is 0. The largest absolute Gasteiger partial charge is 0.298 e. The third-order valence-electron chi connectivity index (χ3n) is 3.57. The fourth-order valence-electron chi connectivity index (χ4n) is 2.32. The molecule has 0 bridgehead atoms. The van der Waals surface area contributed by atoms with Crippen LogP contribution in [0.5, 0.6) is 0 Å². The van der Waals surface area contributed by atoms with Gasteiger partial charge in [0.25, 0.3) is 11.5 Å². The third-order valence-corrected chi connectivity index (χ3v) is 3.57. The van der Waals surface area contributed by atoms with Crippen LogP contribution in [-0.2, 0) is 4.84 Å². The predicted octanol–water partition coefficient (Wildman–Crippen LogP) is 2.02. The molecular weight excluding hydrogens is 294 g/mol. The minimum atomic E-state index is -0.423. The van der Waals surface area contributed by atoms with Crippen LogP contribution >= 0.6 is 0 Å². The molecular formula is C17H15N3O3. The van der Waals surface area contributed by atoms with E-state index in [1.165, 1.54) is 18.8 Å². The number of amides is 1. The number of carbonyl (C=O) groups excluding carboxylic acids is 1. The number of para-hydroxylation sites is 1. The molecule has 1 heterocycles. The molecule has 3 rings (SSSR count). The highest BCUT2D eigenvalue weighted by atomic mass is 16.7. The summed E-state index contributed by atoms with van der Waals surface area (Å²) in [5, 5.41) is 6.28. The van der Waals surface area contributed by atoms with Crippen LogP contribution in [0.1, 0.15) is 10.5 Å². The van der Waals surface area contributed by atoms with Crippen LogP contribution in [0.3, 0.4) is 0 Å². The van der Waals surface area contributed by atoms with Gasteiger partial charge < -0.3 is 0 Å². The Morgan fingerprint density at radius 1 is 1.04 bits per heavy atom. The molecule has 0 aliphatic rings. The topological polar surface area (TPSA) is 64.4 Å². The average Bonchev–Trinajstić information content (AvgIpc) is 2.62. The summed E-state index contributed by atoms with van der Waals surface area (Å²) in [6, 6.07) is 15.9. The number of fused-ring (bicyclic) bond motifs is 1. The smallest absolute Gasteiger partial charge is 0.274 e. The monoisotopic (exact) mass is 309 g/mol. The SMILES string of the molecule is CON(C)C(=O)c1nn(-c2ccccc2)c(=O)c2ccccc12. The Kier molecular flexibility index (Phi) is 3.91. The van der Waals surface area contributed by atoms with Crippen molar-refractivity contribution in [3.63, 3.8) is 0 Å². The molecule has 1 aromatic heterocycles. The van der Waals surface area contributed by atoms with Gasteiger partial charge in [-0.3, -0.25) is 14.4 Å². The van der Waals surface area contributed by atoms with Gasteiger partial charge in [-0.25, -0.2) is 5.06 Å². The van der Waals surface area contributed by atoms with Gasteiger partial charge in [0.2, 0.25) is 0 Å². The molecule has 2 aromatic carbocycles. The minimum Gasteiger partial charge on any atom is -0.274 e. The number of hydrogen-bond donors (Lipinski definition) is 0. The summed E-state index contributed by atoms with van der Waals surface area (Å²) in [5.74, 6) is -0.423. The summed E-state index contributed by atoms with van der Waals surface area (Å²) in [7, 11) is 2.89. The summed E-state index contributed by atoms with van der Waals surface area (Å²) >= 11 is 0. The Bertz CT molecular complexity index is 919.